The molecule has 0 atom stereocenters. The van der Waals surface area contributed by atoms with Crippen LogP contribution in [0.3, 0.4) is 0 Å². The first kappa shape index (κ1) is 9.91. The highest BCUT2D eigenvalue weighted by atomic mass is 35.5. The number of rotatable bonds is 1. The molecule has 0 aliphatic heterocycles. The third-order valence-electron chi connectivity index (χ3n) is 0.134. The lowest BCUT2D eigenvalue weighted by Crippen LogP contribution is -2.05. The third-order valence-corrected chi connectivity index (χ3v) is 0.223. The molecule has 5 heteroatoms. The van der Waals surface area contributed by atoms with Gasteiger partial charge in [0.05, 0.1) is 0 Å². The Kier molecular flexibility index (Phi) is 4.07. The Morgan fingerprint density at radius 2 is 1.71 bits per heavy atom. The second-order valence-electron chi connectivity index (χ2n) is 0.659. The molecule has 0 rings (SSSR count). The van der Waals surface area contributed by atoms with Crippen LogP contribution in [0.4, 0.5) is 8.78 Å². The highest BCUT2D eigenvalue weighted by molar-refractivity contribution is 6.28. The van der Waals surface area contributed by atoms with E-state index in [1.54, 1.807) is 0 Å². The molecule has 0 heterocycles. The highest BCUT2D eigenvalue weighted by Gasteiger charge is 2.21. The highest BCUT2D eigenvalue weighted by Crippen LogP contribution is 2.13. The lowest BCUT2D eigenvalue weighted by molar-refractivity contribution is -0.120. The minimum atomic E-state index is -3.67. The van der Waals surface area contributed by atoms with E-state index in [-0.39, 0.29) is 5.48 Å². The summed E-state index contributed by atoms with van der Waals surface area (Å²) in [5.41, 5.74) is 0. The largest absolute Gasteiger partial charge is 0.412 e. The molecule has 0 spiro atoms. The molecule has 0 radical (unpaired) electrons. The van der Waals surface area contributed by atoms with Crippen molar-refractivity contribution >= 4 is 17.9 Å². The van der Waals surface area contributed by atoms with Gasteiger partial charge in [0.2, 0.25) is 6.29 Å². The minimum absolute atomic E-state index is 0. The van der Waals surface area contributed by atoms with Gasteiger partial charge in [-0.25, -0.2) is 0 Å². The maximum atomic E-state index is 10.8. The van der Waals surface area contributed by atoms with Crippen molar-refractivity contribution < 1.29 is 19.1 Å². The summed E-state index contributed by atoms with van der Waals surface area (Å²) < 4.78 is 21.7. The molecule has 2 N–H and O–H groups in total. The molecule has 0 saturated carbocycles. The van der Waals surface area contributed by atoms with Crippen LogP contribution in [0, 0.1) is 0 Å². The van der Waals surface area contributed by atoms with Crippen LogP contribution in [0.15, 0.2) is 0 Å². The first-order chi connectivity index (χ1) is 2.56. The van der Waals surface area contributed by atoms with E-state index in [0.717, 1.165) is 0 Å². The van der Waals surface area contributed by atoms with Gasteiger partial charge >= 0.3 is 5.38 Å². The van der Waals surface area contributed by atoms with Gasteiger partial charge < -0.3 is 5.48 Å². The standard InChI is InChI=1S/C2HClF2O.H2O/c3-2(4,5)1-6;/h1H;1H2. The number of hydrogen-bond acceptors (Lipinski definition) is 1. The first-order valence-corrected chi connectivity index (χ1v) is 1.47. The van der Waals surface area contributed by atoms with Crippen molar-refractivity contribution in [1.82, 2.24) is 0 Å². The normalized spacial score (nSPS) is 9.57. The van der Waals surface area contributed by atoms with E-state index in [0.29, 0.717) is 0 Å². The molecule has 7 heavy (non-hydrogen) atoms. The second kappa shape index (κ2) is 2.87. The summed E-state index contributed by atoms with van der Waals surface area (Å²) in [6.45, 7) is 0. The molecule has 0 saturated heterocycles. The summed E-state index contributed by atoms with van der Waals surface area (Å²) in [6.07, 6.45) is -0.630. The molecule has 0 amide bonds. The Balaban J connectivity index is 0. The van der Waals surface area contributed by atoms with Gasteiger partial charge in [0.15, 0.2) is 0 Å². The second-order valence-corrected chi connectivity index (χ2v) is 1.16. The average Bonchev–Trinajstić information content (AvgIpc) is 1.35. The van der Waals surface area contributed by atoms with Gasteiger partial charge in [0.25, 0.3) is 0 Å². The van der Waals surface area contributed by atoms with Crippen LogP contribution in [-0.2, 0) is 4.79 Å². The van der Waals surface area contributed by atoms with Crippen LogP contribution < -0.4 is 0 Å². The van der Waals surface area contributed by atoms with Crippen molar-refractivity contribution in [1.29, 1.82) is 0 Å². The fourth-order valence-electron chi connectivity index (χ4n) is 0. The molecular weight excluding hydrogens is 129 g/mol. The maximum absolute atomic E-state index is 10.8. The Bertz CT molecular complexity index is 59.2. The summed E-state index contributed by atoms with van der Waals surface area (Å²) >= 11 is 4.02. The molecule has 0 aliphatic carbocycles. The third kappa shape index (κ3) is 10.7. The van der Waals surface area contributed by atoms with E-state index in [1.807, 2.05) is 0 Å². The quantitative estimate of drug-likeness (QED) is 0.371. The van der Waals surface area contributed by atoms with Gasteiger partial charge in [-0.1, -0.05) is 0 Å². The van der Waals surface area contributed by atoms with Crippen molar-refractivity contribution in [2.75, 3.05) is 0 Å². The monoisotopic (exact) mass is 132 g/mol. The summed E-state index contributed by atoms with van der Waals surface area (Å²) in [5.74, 6) is 0. The molecule has 2 nitrogen and oxygen atoms in total. The van der Waals surface area contributed by atoms with E-state index in [1.165, 1.54) is 0 Å². The molecule has 0 aromatic carbocycles. The number of aldehydes is 1. The van der Waals surface area contributed by atoms with E-state index >= 15 is 0 Å². The smallest absolute Gasteiger partial charge is 0.377 e. The van der Waals surface area contributed by atoms with E-state index in [4.69, 9.17) is 4.79 Å². The molecule has 0 aromatic rings. The molecule has 0 fully saturated rings. The summed E-state index contributed by atoms with van der Waals surface area (Å²) in [6, 6.07) is 0. The van der Waals surface area contributed by atoms with Crippen molar-refractivity contribution in [3.05, 3.63) is 0 Å². The zero-order chi connectivity index (χ0) is 5.21. The van der Waals surface area contributed by atoms with Gasteiger partial charge in [-0.2, -0.15) is 8.78 Å². The molecule has 0 bridgehead atoms. The predicted octanol–water partition coefficient (Wildman–Crippen LogP) is 0.192. The lowest BCUT2D eigenvalue weighted by atomic mass is 10.8. The van der Waals surface area contributed by atoms with E-state index < -0.39 is 11.7 Å². The number of carbonyl (C=O) groups is 1. The molecule has 44 valence electrons. The van der Waals surface area contributed by atoms with Gasteiger partial charge in [0.1, 0.15) is 0 Å². The van der Waals surface area contributed by atoms with Crippen molar-refractivity contribution in [2.45, 2.75) is 5.38 Å². The van der Waals surface area contributed by atoms with Crippen LogP contribution in [-0.4, -0.2) is 17.1 Å². The fourth-order valence-corrected chi connectivity index (χ4v) is 0. The topological polar surface area (TPSA) is 48.6 Å². The molecule has 0 unspecified atom stereocenters. The van der Waals surface area contributed by atoms with Gasteiger partial charge in [-0.3, -0.25) is 4.79 Å². The number of halogens is 3. The minimum Gasteiger partial charge on any atom is -0.412 e. The Hall–Kier alpha value is -0.220. The Labute approximate surface area is 43.4 Å². The van der Waals surface area contributed by atoms with E-state index in [2.05, 4.69) is 11.6 Å². The van der Waals surface area contributed by atoms with Gasteiger partial charge in [-0.05, 0) is 11.6 Å². The first-order valence-electron chi connectivity index (χ1n) is 1.09. The lowest BCUT2D eigenvalue weighted by Gasteiger charge is -1.89. The van der Waals surface area contributed by atoms with Crippen LogP contribution in [0.1, 0.15) is 0 Å². The number of alkyl halides is 3. The number of carbonyl (C=O) groups excluding carboxylic acids is 1. The van der Waals surface area contributed by atoms with Crippen LogP contribution in [0.5, 0.6) is 0 Å². The van der Waals surface area contributed by atoms with Crippen LogP contribution >= 0.6 is 11.6 Å². The zero-order valence-corrected chi connectivity index (χ0v) is 3.88. The SMILES string of the molecule is O.O=CC(F)(F)Cl. The maximum Gasteiger partial charge on any atom is 0.377 e. The van der Waals surface area contributed by atoms with Crippen molar-refractivity contribution in [3.8, 4) is 0 Å². The Morgan fingerprint density at radius 3 is 1.71 bits per heavy atom. The molecular formula is C2H3ClF2O2. The predicted molar refractivity (Wildman–Crippen MR) is 20.5 cm³/mol. The van der Waals surface area contributed by atoms with E-state index in [9.17, 15) is 8.78 Å². The molecule has 0 aliphatic rings. The van der Waals surface area contributed by atoms with Gasteiger partial charge in [0, 0.05) is 0 Å². The fraction of sp³-hybridized carbons (Fsp3) is 0.500. The van der Waals surface area contributed by atoms with Gasteiger partial charge in [-0.15, -0.1) is 0 Å². The zero-order valence-electron chi connectivity index (χ0n) is 3.12. The van der Waals surface area contributed by atoms with Crippen LogP contribution in [0.2, 0.25) is 0 Å². The van der Waals surface area contributed by atoms with Crippen molar-refractivity contribution in [3.63, 3.8) is 0 Å². The average molecular weight is 132 g/mol. The summed E-state index contributed by atoms with van der Waals surface area (Å²) in [7, 11) is 0. The Morgan fingerprint density at radius 1 is 1.57 bits per heavy atom. The van der Waals surface area contributed by atoms with Crippen LogP contribution in [0.25, 0.3) is 0 Å². The summed E-state index contributed by atoms with van der Waals surface area (Å²) in [5, 5.41) is -3.67. The summed E-state index contributed by atoms with van der Waals surface area (Å²) in [4.78, 5) is 8.94. The molecule has 0 aromatic heterocycles. The number of hydrogen-bond donors (Lipinski definition) is 0. The van der Waals surface area contributed by atoms with Crippen molar-refractivity contribution in [2.24, 2.45) is 0 Å².